The first-order valence-electron chi connectivity index (χ1n) is 7.00. The Hall–Kier alpha value is -1.36. The van der Waals surface area contributed by atoms with Gasteiger partial charge in [-0.05, 0) is 25.7 Å². The highest BCUT2D eigenvalue weighted by Crippen LogP contribution is 2.15. The van der Waals surface area contributed by atoms with Gasteiger partial charge >= 0.3 is 0 Å². The SMILES string of the molecule is CC(C)Cn1ccnc(NC2CCOC(C)C2)c1=O. The van der Waals surface area contributed by atoms with Crippen LogP contribution in [-0.4, -0.2) is 28.3 Å². The molecule has 2 heterocycles. The third kappa shape index (κ3) is 3.80. The smallest absolute Gasteiger partial charge is 0.293 e. The van der Waals surface area contributed by atoms with Crippen LogP contribution in [0.5, 0.6) is 0 Å². The summed E-state index contributed by atoms with van der Waals surface area (Å²) in [6.45, 7) is 7.72. The maximum absolute atomic E-state index is 12.3. The van der Waals surface area contributed by atoms with Crippen molar-refractivity contribution in [3.8, 4) is 0 Å². The topological polar surface area (TPSA) is 56.1 Å². The van der Waals surface area contributed by atoms with Gasteiger partial charge in [-0.25, -0.2) is 4.98 Å². The summed E-state index contributed by atoms with van der Waals surface area (Å²) in [5.41, 5.74) is -0.0321. The van der Waals surface area contributed by atoms with Gasteiger partial charge in [0, 0.05) is 31.6 Å². The van der Waals surface area contributed by atoms with Crippen molar-refractivity contribution in [2.45, 2.75) is 52.3 Å². The lowest BCUT2D eigenvalue weighted by Crippen LogP contribution is -2.36. The molecule has 2 rings (SSSR count). The molecule has 2 atom stereocenters. The third-order valence-electron chi connectivity index (χ3n) is 3.30. The third-order valence-corrected chi connectivity index (χ3v) is 3.30. The van der Waals surface area contributed by atoms with Gasteiger partial charge in [0.1, 0.15) is 0 Å². The molecule has 5 nitrogen and oxygen atoms in total. The molecule has 1 aromatic heterocycles. The molecule has 0 spiro atoms. The van der Waals surface area contributed by atoms with Crippen molar-refractivity contribution in [3.63, 3.8) is 0 Å². The number of hydrogen-bond acceptors (Lipinski definition) is 4. The molecule has 0 amide bonds. The molecule has 106 valence electrons. The van der Waals surface area contributed by atoms with Gasteiger partial charge in [0.2, 0.25) is 0 Å². The molecule has 19 heavy (non-hydrogen) atoms. The zero-order valence-electron chi connectivity index (χ0n) is 11.9. The van der Waals surface area contributed by atoms with E-state index in [1.807, 2.05) is 0 Å². The molecular weight excluding hydrogens is 242 g/mol. The Morgan fingerprint density at radius 2 is 2.37 bits per heavy atom. The minimum atomic E-state index is -0.0321. The molecule has 0 aliphatic carbocycles. The normalized spacial score (nSPS) is 23.6. The molecule has 0 bridgehead atoms. The summed E-state index contributed by atoms with van der Waals surface area (Å²) in [5.74, 6) is 0.901. The molecule has 1 aliphatic heterocycles. The first kappa shape index (κ1) is 14.1. The molecule has 0 saturated carbocycles. The second-order valence-corrected chi connectivity index (χ2v) is 5.67. The van der Waals surface area contributed by atoms with Crippen LogP contribution in [0.1, 0.15) is 33.6 Å². The summed E-state index contributed by atoms with van der Waals surface area (Å²) < 4.78 is 7.23. The van der Waals surface area contributed by atoms with Crippen LogP contribution in [0.3, 0.4) is 0 Å². The molecule has 0 radical (unpaired) electrons. The van der Waals surface area contributed by atoms with Crippen LogP contribution < -0.4 is 10.9 Å². The number of rotatable bonds is 4. The van der Waals surface area contributed by atoms with Gasteiger partial charge in [0.15, 0.2) is 5.82 Å². The number of nitrogens with zero attached hydrogens (tertiary/aromatic N) is 2. The van der Waals surface area contributed by atoms with E-state index in [4.69, 9.17) is 4.74 Å². The Labute approximate surface area is 114 Å². The minimum absolute atomic E-state index is 0.0321. The summed E-state index contributed by atoms with van der Waals surface area (Å²) in [7, 11) is 0. The van der Waals surface area contributed by atoms with Gasteiger partial charge in [-0.1, -0.05) is 13.8 Å². The second kappa shape index (κ2) is 6.19. The molecule has 1 fully saturated rings. The summed E-state index contributed by atoms with van der Waals surface area (Å²) >= 11 is 0. The van der Waals surface area contributed by atoms with Crippen LogP contribution in [-0.2, 0) is 11.3 Å². The number of hydrogen-bond donors (Lipinski definition) is 1. The molecule has 1 saturated heterocycles. The molecule has 1 aliphatic rings. The summed E-state index contributed by atoms with van der Waals surface area (Å²) in [6.07, 6.45) is 5.52. The van der Waals surface area contributed by atoms with Crippen LogP contribution in [0, 0.1) is 5.92 Å². The zero-order valence-corrected chi connectivity index (χ0v) is 11.9. The largest absolute Gasteiger partial charge is 0.378 e. The average molecular weight is 265 g/mol. The van der Waals surface area contributed by atoms with E-state index in [2.05, 4.69) is 31.1 Å². The predicted molar refractivity (Wildman–Crippen MR) is 75.4 cm³/mol. The van der Waals surface area contributed by atoms with Gasteiger partial charge in [-0.15, -0.1) is 0 Å². The maximum Gasteiger partial charge on any atom is 0.293 e. The van der Waals surface area contributed by atoms with E-state index in [9.17, 15) is 4.79 Å². The number of nitrogens with one attached hydrogen (secondary N) is 1. The lowest BCUT2D eigenvalue weighted by molar-refractivity contribution is 0.0231. The lowest BCUT2D eigenvalue weighted by Gasteiger charge is -2.28. The maximum atomic E-state index is 12.3. The number of ether oxygens (including phenoxy) is 1. The molecule has 0 aromatic carbocycles. The summed E-state index contributed by atoms with van der Waals surface area (Å²) in [4.78, 5) is 16.4. The van der Waals surface area contributed by atoms with E-state index < -0.39 is 0 Å². The Bertz CT molecular complexity index is 470. The molecule has 5 heteroatoms. The predicted octanol–water partition coefficient (Wildman–Crippen LogP) is 1.88. The van der Waals surface area contributed by atoms with Crippen molar-refractivity contribution < 1.29 is 4.74 Å². The van der Waals surface area contributed by atoms with Gasteiger partial charge in [0.05, 0.1) is 6.10 Å². The Kier molecular flexibility index (Phi) is 4.58. The minimum Gasteiger partial charge on any atom is -0.378 e. The van der Waals surface area contributed by atoms with Gasteiger partial charge < -0.3 is 14.6 Å². The van der Waals surface area contributed by atoms with E-state index in [0.29, 0.717) is 11.7 Å². The Morgan fingerprint density at radius 3 is 3.05 bits per heavy atom. The molecule has 1 N–H and O–H groups in total. The van der Waals surface area contributed by atoms with Crippen molar-refractivity contribution in [1.29, 1.82) is 0 Å². The van der Waals surface area contributed by atoms with Gasteiger partial charge in [-0.3, -0.25) is 4.79 Å². The van der Waals surface area contributed by atoms with Crippen molar-refractivity contribution >= 4 is 5.82 Å². The number of aromatic nitrogens is 2. The van der Waals surface area contributed by atoms with E-state index in [1.165, 1.54) is 0 Å². The van der Waals surface area contributed by atoms with Crippen molar-refractivity contribution in [2.75, 3.05) is 11.9 Å². The molecule has 2 unspecified atom stereocenters. The summed E-state index contributed by atoms with van der Waals surface area (Å²) in [6, 6.07) is 0.277. The van der Waals surface area contributed by atoms with Crippen LogP contribution in [0.15, 0.2) is 17.2 Å². The fraction of sp³-hybridized carbons (Fsp3) is 0.714. The fourth-order valence-electron chi connectivity index (χ4n) is 2.41. The van der Waals surface area contributed by atoms with Crippen molar-refractivity contribution in [3.05, 3.63) is 22.7 Å². The highest BCUT2D eigenvalue weighted by Gasteiger charge is 2.20. The van der Waals surface area contributed by atoms with Gasteiger partial charge in [-0.2, -0.15) is 0 Å². The van der Waals surface area contributed by atoms with E-state index in [0.717, 1.165) is 26.0 Å². The highest BCUT2D eigenvalue weighted by molar-refractivity contribution is 5.32. The first-order chi connectivity index (χ1) is 9.06. The standard InChI is InChI=1S/C14H23N3O2/c1-10(2)9-17-6-5-15-13(14(17)18)16-12-4-7-19-11(3)8-12/h5-6,10-12H,4,7-9H2,1-3H3,(H,15,16). The van der Waals surface area contributed by atoms with E-state index in [-0.39, 0.29) is 17.7 Å². The lowest BCUT2D eigenvalue weighted by atomic mass is 10.0. The van der Waals surface area contributed by atoms with Crippen molar-refractivity contribution in [1.82, 2.24) is 9.55 Å². The average Bonchev–Trinajstić information content (AvgIpc) is 2.34. The summed E-state index contributed by atoms with van der Waals surface area (Å²) in [5, 5.41) is 3.27. The quantitative estimate of drug-likeness (QED) is 0.903. The number of anilines is 1. The van der Waals surface area contributed by atoms with Crippen molar-refractivity contribution in [2.24, 2.45) is 5.92 Å². The Balaban J connectivity index is 2.10. The van der Waals surface area contributed by atoms with Crippen LogP contribution >= 0.6 is 0 Å². The van der Waals surface area contributed by atoms with Crippen LogP contribution in [0.4, 0.5) is 5.82 Å². The molecule has 1 aromatic rings. The van der Waals surface area contributed by atoms with Crippen LogP contribution in [0.2, 0.25) is 0 Å². The zero-order chi connectivity index (χ0) is 13.8. The molecular formula is C14H23N3O2. The van der Waals surface area contributed by atoms with Crippen LogP contribution in [0.25, 0.3) is 0 Å². The van der Waals surface area contributed by atoms with Gasteiger partial charge in [0.25, 0.3) is 5.56 Å². The van der Waals surface area contributed by atoms with E-state index in [1.54, 1.807) is 17.0 Å². The monoisotopic (exact) mass is 265 g/mol. The van der Waals surface area contributed by atoms with E-state index >= 15 is 0 Å². The Morgan fingerprint density at radius 1 is 1.58 bits per heavy atom. The first-order valence-corrected chi connectivity index (χ1v) is 7.00. The second-order valence-electron chi connectivity index (χ2n) is 5.67. The highest BCUT2D eigenvalue weighted by atomic mass is 16.5. The fourth-order valence-corrected chi connectivity index (χ4v) is 2.41.